The van der Waals surface area contributed by atoms with Gasteiger partial charge in [-0.3, -0.25) is 14.0 Å². The number of ether oxygens (including phenoxy) is 1. The Labute approximate surface area is 265 Å². The van der Waals surface area contributed by atoms with Crippen LogP contribution >= 0.6 is 0 Å². The van der Waals surface area contributed by atoms with Gasteiger partial charge in [0.25, 0.3) is 5.91 Å². The molecule has 4 aliphatic rings. The summed E-state index contributed by atoms with van der Waals surface area (Å²) in [5.74, 6) is -2.73. The number of nitrogens with zero attached hydrogens (tertiary/aromatic N) is 5. The third-order valence-corrected chi connectivity index (χ3v) is 10.6. The number of aryl methyl sites for hydroxylation is 1. The molecule has 1 unspecified atom stereocenters. The van der Waals surface area contributed by atoms with Gasteiger partial charge in [-0.05, 0) is 76.1 Å². The van der Waals surface area contributed by atoms with Crippen molar-refractivity contribution in [1.29, 1.82) is 0 Å². The van der Waals surface area contributed by atoms with E-state index in [1.807, 2.05) is 41.3 Å². The molecule has 4 aromatic rings. The van der Waals surface area contributed by atoms with Gasteiger partial charge in [-0.1, -0.05) is 0 Å². The molecule has 46 heavy (non-hydrogen) atoms. The number of imidazole rings is 1. The number of fused-ring (bicyclic) bond motifs is 4. The fourth-order valence-electron chi connectivity index (χ4n) is 7.87. The number of hydrogen-bond acceptors (Lipinski definition) is 6. The molecule has 6 heterocycles. The maximum atomic E-state index is 13.8. The second kappa shape index (κ2) is 10.5. The van der Waals surface area contributed by atoms with Crippen LogP contribution in [-0.4, -0.2) is 66.8 Å². The number of pyridine rings is 2. The van der Waals surface area contributed by atoms with Gasteiger partial charge in [0.15, 0.2) is 5.88 Å². The summed E-state index contributed by atoms with van der Waals surface area (Å²) in [6.07, 6.45) is 4.24. The maximum Gasteiger partial charge on any atom is 0.254 e. The van der Waals surface area contributed by atoms with Gasteiger partial charge >= 0.3 is 0 Å². The van der Waals surface area contributed by atoms with E-state index in [9.17, 15) is 18.4 Å². The Kier molecular flexibility index (Phi) is 6.69. The zero-order valence-corrected chi connectivity index (χ0v) is 26.3. The van der Waals surface area contributed by atoms with Crippen molar-refractivity contribution in [2.75, 3.05) is 7.11 Å². The van der Waals surface area contributed by atoms with Crippen LogP contribution in [0.4, 0.5) is 8.78 Å². The van der Waals surface area contributed by atoms with Gasteiger partial charge in [0.2, 0.25) is 11.8 Å². The van der Waals surface area contributed by atoms with Crippen molar-refractivity contribution in [3.63, 3.8) is 0 Å². The average molecular weight is 632 g/mol. The smallest absolute Gasteiger partial charge is 0.254 e. The van der Waals surface area contributed by atoms with Gasteiger partial charge in [-0.15, -0.1) is 0 Å². The molecule has 4 atom stereocenters. The number of aromatic nitrogens is 4. The number of amides is 2. The number of carbonyl (C=O) groups is 2. The summed E-state index contributed by atoms with van der Waals surface area (Å²) in [5.41, 5.74) is 11.5. The molecule has 2 bridgehead atoms. The topological polar surface area (TPSA) is 120 Å². The van der Waals surface area contributed by atoms with Crippen molar-refractivity contribution in [2.45, 2.75) is 95.4 Å². The summed E-state index contributed by atoms with van der Waals surface area (Å²) < 4.78 is 36.7. The van der Waals surface area contributed by atoms with Crippen molar-refractivity contribution < 1.29 is 23.1 Å². The molecular weight excluding hydrogens is 592 g/mol. The lowest BCUT2D eigenvalue weighted by molar-refractivity contribution is -0.150. The second-order valence-electron chi connectivity index (χ2n) is 13.9. The lowest BCUT2D eigenvalue weighted by Crippen LogP contribution is -2.45. The zero-order chi connectivity index (χ0) is 32.1. The summed E-state index contributed by atoms with van der Waals surface area (Å²) in [5, 5.41) is 3.83. The molecule has 12 heteroatoms. The van der Waals surface area contributed by atoms with E-state index in [0.717, 1.165) is 66.8 Å². The summed E-state index contributed by atoms with van der Waals surface area (Å²) in [7, 11) is 1.60. The lowest BCUT2D eigenvalue weighted by Gasteiger charge is -2.34. The molecule has 0 aromatic carbocycles. The first-order chi connectivity index (χ1) is 22.0. The first-order valence-electron chi connectivity index (χ1n) is 16.4. The van der Waals surface area contributed by atoms with E-state index in [0.29, 0.717) is 28.7 Å². The van der Waals surface area contributed by atoms with E-state index in [2.05, 4.69) is 16.0 Å². The molecule has 8 rings (SSSR count). The van der Waals surface area contributed by atoms with E-state index in [1.165, 1.54) is 0 Å². The van der Waals surface area contributed by atoms with Crippen LogP contribution in [0.15, 0.2) is 30.3 Å². The minimum atomic E-state index is -2.75. The number of carbonyl (C=O) groups excluding carboxylic acids is 2. The van der Waals surface area contributed by atoms with Crippen LogP contribution in [-0.2, 0) is 11.3 Å². The lowest BCUT2D eigenvalue weighted by atomic mass is 9.80. The van der Waals surface area contributed by atoms with Gasteiger partial charge in [-0.25, -0.2) is 18.7 Å². The highest BCUT2D eigenvalue weighted by atomic mass is 19.3. The molecule has 242 valence electrons. The number of nitrogens with two attached hydrogens (primary N) is 1. The Balaban J connectivity index is 1.15. The minimum Gasteiger partial charge on any atom is -0.482 e. The monoisotopic (exact) mass is 631 g/mol. The maximum absolute atomic E-state index is 13.8. The highest BCUT2D eigenvalue weighted by Gasteiger charge is 2.49. The third-order valence-electron chi connectivity index (χ3n) is 10.6. The molecule has 4 fully saturated rings. The van der Waals surface area contributed by atoms with Crippen molar-refractivity contribution in [3.05, 3.63) is 47.3 Å². The largest absolute Gasteiger partial charge is 0.482 e. The molecule has 2 aliphatic carbocycles. The molecule has 10 nitrogen and oxygen atoms in total. The van der Waals surface area contributed by atoms with E-state index < -0.39 is 30.7 Å². The fourth-order valence-corrected chi connectivity index (χ4v) is 7.87. The van der Waals surface area contributed by atoms with Gasteiger partial charge in [0, 0.05) is 60.4 Å². The normalized spacial score (nSPS) is 24.5. The number of halogens is 2. The van der Waals surface area contributed by atoms with Crippen molar-refractivity contribution >= 4 is 28.5 Å². The Morgan fingerprint density at radius 2 is 1.91 bits per heavy atom. The molecule has 0 spiro atoms. The highest BCUT2D eigenvalue weighted by molar-refractivity contribution is 5.97. The molecule has 2 saturated carbocycles. The highest BCUT2D eigenvalue weighted by Crippen LogP contribution is 2.43. The molecule has 3 N–H and O–H groups in total. The van der Waals surface area contributed by atoms with Gasteiger partial charge < -0.3 is 25.3 Å². The fraction of sp³-hybridized carbons (Fsp3) is 0.529. The van der Waals surface area contributed by atoms with Crippen LogP contribution < -0.4 is 15.8 Å². The molecule has 2 amide bonds. The first kappa shape index (κ1) is 29.3. The number of methoxy groups -OCH3 is 1. The number of alkyl halides is 2. The Morgan fingerprint density at radius 1 is 1.13 bits per heavy atom. The molecule has 0 radical (unpaired) electrons. The van der Waals surface area contributed by atoms with Crippen LogP contribution in [0, 0.1) is 18.8 Å². The van der Waals surface area contributed by atoms with Crippen LogP contribution in [0.1, 0.15) is 79.7 Å². The Hall–Kier alpha value is -4.06. The van der Waals surface area contributed by atoms with Crippen LogP contribution in [0.5, 0.6) is 5.88 Å². The Bertz CT molecular complexity index is 1890. The number of rotatable bonds is 8. The van der Waals surface area contributed by atoms with Crippen LogP contribution in [0.3, 0.4) is 0 Å². The van der Waals surface area contributed by atoms with E-state index in [1.54, 1.807) is 13.2 Å². The van der Waals surface area contributed by atoms with Gasteiger partial charge in [0.1, 0.15) is 17.0 Å². The number of hydrogen-bond donors (Lipinski definition) is 2. The standard InChI is InChI=1S/C34H39F2N7O3/c1-17(38-32(44)22-14-34(35,36)15-22)25-8-6-20-10-27(41(31(20)39-25)16-19-4-5-19)30-18(2)42-28(40-30)11-21(12-29(42)46-3)33(45)43-23-7-9-26(43)24(37)13-23/h6,8,10-12,17,19,22-24,26H,4-5,7,9,13-16,37H2,1-3H3,(H,38,44)/t17-,23+,24-,26?/m1/s1. The molecule has 2 aliphatic heterocycles. The van der Waals surface area contributed by atoms with Crippen molar-refractivity contribution in [3.8, 4) is 17.3 Å². The van der Waals surface area contributed by atoms with Crippen molar-refractivity contribution in [2.24, 2.45) is 17.6 Å². The summed E-state index contributed by atoms with van der Waals surface area (Å²) in [6, 6.07) is 9.44. The predicted molar refractivity (Wildman–Crippen MR) is 168 cm³/mol. The quantitative estimate of drug-likeness (QED) is 0.282. The van der Waals surface area contributed by atoms with Gasteiger partial charge in [-0.2, -0.15) is 0 Å². The number of nitrogens with one attached hydrogen (secondary N) is 1. The first-order valence-corrected chi connectivity index (χ1v) is 16.4. The van der Waals surface area contributed by atoms with E-state index >= 15 is 0 Å². The summed E-state index contributed by atoms with van der Waals surface area (Å²) >= 11 is 0. The van der Waals surface area contributed by atoms with Crippen LogP contribution in [0.2, 0.25) is 0 Å². The average Bonchev–Trinajstić information content (AvgIpc) is 3.33. The van der Waals surface area contributed by atoms with Crippen LogP contribution in [0.25, 0.3) is 28.1 Å². The van der Waals surface area contributed by atoms with Crippen molar-refractivity contribution in [1.82, 2.24) is 29.2 Å². The molecule has 2 saturated heterocycles. The molecule has 4 aromatic heterocycles. The third kappa shape index (κ3) is 4.75. The van der Waals surface area contributed by atoms with Gasteiger partial charge in [0.05, 0.1) is 30.2 Å². The summed E-state index contributed by atoms with van der Waals surface area (Å²) in [4.78, 5) is 38.4. The Morgan fingerprint density at radius 3 is 2.57 bits per heavy atom. The van der Waals surface area contributed by atoms with E-state index in [-0.39, 0.29) is 29.9 Å². The summed E-state index contributed by atoms with van der Waals surface area (Å²) in [6.45, 7) is 4.61. The SMILES string of the molecule is COc1cc(C(=O)N2C3CC[C@H]2C[C@H]3N)cc2nc(-c3cc4ccc([C@@H](C)NC(=O)C5CC(F)(F)C5)nc4n3CC3CC3)c(C)n12. The predicted octanol–water partition coefficient (Wildman–Crippen LogP) is 5.00. The molecular formula is C34H39F2N7O3. The van der Waals surface area contributed by atoms with E-state index in [4.69, 9.17) is 20.4 Å². The zero-order valence-electron chi connectivity index (χ0n) is 26.3. The second-order valence-corrected chi connectivity index (χ2v) is 13.9. The minimum absolute atomic E-state index is 0.0196.